The Morgan fingerprint density at radius 3 is 2.59 bits per heavy atom. The number of piperidine rings is 1. The van der Waals surface area contributed by atoms with Crippen LogP contribution in [0.15, 0.2) is 47.4 Å². The minimum Gasteiger partial charge on any atom is -0.454 e. The van der Waals surface area contributed by atoms with Gasteiger partial charge in [0, 0.05) is 24.5 Å². The van der Waals surface area contributed by atoms with Crippen LogP contribution < -0.4 is 20.1 Å². The fourth-order valence-corrected chi connectivity index (χ4v) is 4.66. The predicted octanol–water partition coefficient (Wildman–Crippen LogP) is 2.78. The lowest BCUT2D eigenvalue weighted by atomic mass is 9.96. The van der Waals surface area contributed by atoms with E-state index in [0.717, 1.165) is 38.0 Å². The Morgan fingerprint density at radius 1 is 1.03 bits per heavy atom. The number of benzene rings is 2. The molecule has 1 fully saturated rings. The van der Waals surface area contributed by atoms with Crippen molar-refractivity contribution in [3.63, 3.8) is 0 Å². The molecule has 4 rings (SSSR count). The van der Waals surface area contributed by atoms with Gasteiger partial charge in [0.25, 0.3) is 0 Å². The molecule has 170 valence electrons. The summed E-state index contributed by atoms with van der Waals surface area (Å²) in [6, 6.07) is 14.0. The van der Waals surface area contributed by atoms with Crippen LogP contribution in [0.3, 0.4) is 0 Å². The van der Waals surface area contributed by atoms with Crippen LogP contribution in [0.1, 0.15) is 24.0 Å². The van der Waals surface area contributed by atoms with E-state index in [9.17, 15) is 9.59 Å². The summed E-state index contributed by atoms with van der Waals surface area (Å²) < 4.78 is 10.6. The van der Waals surface area contributed by atoms with Crippen LogP contribution in [-0.4, -0.2) is 49.4 Å². The summed E-state index contributed by atoms with van der Waals surface area (Å²) in [6.45, 7) is 3.96. The van der Waals surface area contributed by atoms with Crippen molar-refractivity contribution >= 4 is 23.6 Å². The van der Waals surface area contributed by atoms with Gasteiger partial charge >= 0.3 is 11.8 Å². The van der Waals surface area contributed by atoms with Gasteiger partial charge in [-0.05, 0) is 67.4 Å². The SMILES string of the molecule is CSc1ccccc1CN1CCC(CNC(=O)C(=O)NCc2ccc3c(c2)OCO3)CC1. The Hall–Kier alpha value is -2.71. The second-order valence-corrected chi connectivity index (χ2v) is 8.96. The molecule has 0 bridgehead atoms. The first-order chi connectivity index (χ1) is 15.6. The minimum atomic E-state index is -0.617. The van der Waals surface area contributed by atoms with Crippen LogP contribution in [-0.2, 0) is 22.7 Å². The number of nitrogens with zero attached hydrogens (tertiary/aromatic N) is 1. The zero-order valence-electron chi connectivity index (χ0n) is 18.3. The minimum absolute atomic E-state index is 0.206. The molecule has 2 N–H and O–H groups in total. The molecule has 1 saturated heterocycles. The number of amides is 2. The number of carbonyl (C=O) groups is 2. The molecule has 2 amide bonds. The Bertz CT molecular complexity index is 960. The van der Waals surface area contributed by atoms with Gasteiger partial charge in [0.2, 0.25) is 6.79 Å². The van der Waals surface area contributed by atoms with Crippen molar-refractivity contribution in [3.05, 3.63) is 53.6 Å². The summed E-state index contributed by atoms with van der Waals surface area (Å²) in [7, 11) is 0. The van der Waals surface area contributed by atoms with Crippen molar-refractivity contribution in [1.29, 1.82) is 0 Å². The lowest BCUT2D eigenvalue weighted by Crippen LogP contribution is -2.43. The molecule has 2 aromatic rings. The lowest BCUT2D eigenvalue weighted by molar-refractivity contribution is -0.139. The van der Waals surface area contributed by atoms with Crippen molar-refractivity contribution in [2.45, 2.75) is 30.8 Å². The molecule has 0 aliphatic carbocycles. The maximum atomic E-state index is 12.2. The van der Waals surface area contributed by atoms with Gasteiger partial charge in [0.15, 0.2) is 11.5 Å². The molecule has 0 atom stereocenters. The summed E-state index contributed by atoms with van der Waals surface area (Å²) >= 11 is 1.78. The highest BCUT2D eigenvalue weighted by Gasteiger charge is 2.22. The highest BCUT2D eigenvalue weighted by atomic mass is 32.2. The van der Waals surface area contributed by atoms with E-state index in [1.807, 2.05) is 12.1 Å². The smallest absolute Gasteiger partial charge is 0.309 e. The fourth-order valence-electron chi connectivity index (χ4n) is 4.05. The number of fused-ring (bicyclic) bond motifs is 1. The van der Waals surface area contributed by atoms with Gasteiger partial charge in [-0.2, -0.15) is 0 Å². The number of ether oxygens (including phenoxy) is 2. The second-order valence-electron chi connectivity index (χ2n) is 8.11. The normalized spacial score (nSPS) is 16.0. The molecule has 2 aromatic carbocycles. The topological polar surface area (TPSA) is 79.9 Å². The van der Waals surface area contributed by atoms with Crippen LogP contribution in [0, 0.1) is 5.92 Å². The number of thioether (sulfide) groups is 1. The molecule has 0 aromatic heterocycles. The highest BCUT2D eigenvalue weighted by molar-refractivity contribution is 7.98. The third-order valence-electron chi connectivity index (χ3n) is 5.94. The molecule has 0 radical (unpaired) electrons. The van der Waals surface area contributed by atoms with Crippen molar-refractivity contribution in [2.75, 3.05) is 32.7 Å². The van der Waals surface area contributed by atoms with E-state index in [-0.39, 0.29) is 13.3 Å². The van der Waals surface area contributed by atoms with Crippen LogP contribution >= 0.6 is 11.8 Å². The molecule has 2 aliphatic rings. The monoisotopic (exact) mass is 455 g/mol. The summed E-state index contributed by atoms with van der Waals surface area (Å²) in [5.74, 6) is 0.547. The molecule has 8 heteroatoms. The molecule has 0 spiro atoms. The number of nitrogens with one attached hydrogen (secondary N) is 2. The summed E-state index contributed by atoms with van der Waals surface area (Å²) in [6.07, 6.45) is 4.14. The molecular weight excluding hydrogens is 426 g/mol. The maximum Gasteiger partial charge on any atom is 0.309 e. The number of hydrogen-bond donors (Lipinski definition) is 2. The molecule has 32 heavy (non-hydrogen) atoms. The molecule has 2 aliphatic heterocycles. The van der Waals surface area contributed by atoms with Crippen molar-refractivity contribution in [1.82, 2.24) is 15.5 Å². The number of carbonyl (C=O) groups excluding carboxylic acids is 2. The molecule has 2 heterocycles. The van der Waals surface area contributed by atoms with Crippen LogP contribution in [0.5, 0.6) is 11.5 Å². The van der Waals surface area contributed by atoms with E-state index < -0.39 is 11.8 Å². The third kappa shape index (κ3) is 5.75. The van der Waals surface area contributed by atoms with Gasteiger partial charge in [-0.15, -0.1) is 11.8 Å². The van der Waals surface area contributed by atoms with E-state index in [2.05, 4.69) is 46.1 Å². The first kappa shape index (κ1) is 22.5. The molecule has 0 saturated carbocycles. The van der Waals surface area contributed by atoms with E-state index >= 15 is 0 Å². The predicted molar refractivity (Wildman–Crippen MR) is 124 cm³/mol. The molecule has 7 nitrogen and oxygen atoms in total. The van der Waals surface area contributed by atoms with Crippen LogP contribution in [0.4, 0.5) is 0 Å². The van der Waals surface area contributed by atoms with Gasteiger partial charge in [-0.25, -0.2) is 0 Å². The third-order valence-corrected chi connectivity index (χ3v) is 6.78. The van der Waals surface area contributed by atoms with Crippen LogP contribution in [0.25, 0.3) is 0 Å². The van der Waals surface area contributed by atoms with Crippen LogP contribution in [0.2, 0.25) is 0 Å². The van der Waals surface area contributed by atoms with Crippen molar-refractivity contribution < 1.29 is 19.1 Å². The fraction of sp³-hybridized carbons (Fsp3) is 0.417. The Labute approximate surface area is 192 Å². The zero-order chi connectivity index (χ0) is 22.3. The van der Waals surface area contributed by atoms with E-state index in [4.69, 9.17) is 9.47 Å². The van der Waals surface area contributed by atoms with Gasteiger partial charge in [-0.1, -0.05) is 24.3 Å². The molecule has 0 unspecified atom stereocenters. The Kier molecular flexibility index (Phi) is 7.55. The average molecular weight is 456 g/mol. The van der Waals surface area contributed by atoms with E-state index in [1.165, 1.54) is 10.5 Å². The van der Waals surface area contributed by atoms with E-state index in [0.29, 0.717) is 24.0 Å². The quantitative estimate of drug-likeness (QED) is 0.494. The largest absolute Gasteiger partial charge is 0.454 e. The summed E-state index contributed by atoms with van der Waals surface area (Å²) in [4.78, 5) is 28.1. The average Bonchev–Trinajstić information content (AvgIpc) is 3.30. The van der Waals surface area contributed by atoms with Gasteiger partial charge in [-0.3, -0.25) is 14.5 Å². The lowest BCUT2D eigenvalue weighted by Gasteiger charge is -2.32. The number of likely N-dealkylation sites (tertiary alicyclic amines) is 1. The summed E-state index contributed by atoms with van der Waals surface area (Å²) in [5, 5.41) is 5.46. The second kappa shape index (κ2) is 10.7. The first-order valence-electron chi connectivity index (χ1n) is 10.9. The first-order valence-corrected chi connectivity index (χ1v) is 12.1. The summed E-state index contributed by atoms with van der Waals surface area (Å²) in [5.41, 5.74) is 2.22. The van der Waals surface area contributed by atoms with E-state index in [1.54, 1.807) is 17.8 Å². The molecular formula is C24H29N3O4S. The maximum absolute atomic E-state index is 12.2. The van der Waals surface area contributed by atoms with Gasteiger partial charge in [0.05, 0.1) is 0 Å². The number of hydrogen-bond acceptors (Lipinski definition) is 6. The zero-order valence-corrected chi connectivity index (χ0v) is 19.1. The highest BCUT2D eigenvalue weighted by Crippen LogP contribution is 2.32. The Morgan fingerprint density at radius 2 is 1.78 bits per heavy atom. The van der Waals surface area contributed by atoms with Crippen molar-refractivity contribution in [2.24, 2.45) is 5.92 Å². The van der Waals surface area contributed by atoms with Crippen molar-refractivity contribution in [3.8, 4) is 11.5 Å². The standard InChI is InChI=1S/C24H29N3O4S/c1-32-22-5-3-2-4-19(22)15-27-10-8-17(9-11-27)13-25-23(28)24(29)26-14-18-6-7-20-21(12-18)31-16-30-20/h2-7,12,17H,8-11,13-16H2,1H3,(H,25,28)(H,26,29). The Balaban J connectivity index is 1.16. The van der Waals surface area contributed by atoms with Gasteiger partial charge < -0.3 is 20.1 Å². The number of rotatable bonds is 7. The van der Waals surface area contributed by atoms with Gasteiger partial charge in [0.1, 0.15) is 0 Å².